The molecule has 0 atom stereocenters. The van der Waals surface area contributed by atoms with Crippen molar-refractivity contribution in [2.45, 2.75) is 76.7 Å². The summed E-state index contributed by atoms with van der Waals surface area (Å²) >= 11 is 0. The van der Waals surface area contributed by atoms with E-state index in [0.717, 1.165) is 56.4 Å². The van der Waals surface area contributed by atoms with Crippen LogP contribution in [0.5, 0.6) is 46.0 Å². The first-order valence-corrected chi connectivity index (χ1v) is 15.7. The highest BCUT2D eigenvalue weighted by molar-refractivity contribution is 5.90. The topological polar surface area (TPSA) is 101 Å². The van der Waals surface area contributed by atoms with Gasteiger partial charge in [0.1, 0.15) is 46.0 Å². The number of hydrogen-bond donors (Lipinski definition) is 1. The molecule has 0 aliphatic carbocycles. The Hall–Kier alpha value is -5.50. The van der Waals surface area contributed by atoms with E-state index < -0.39 is 11.9 Å². The van der Waals surface area contributed by atoms with E-state index in [2.05, 4.69) is 13.2 Å². The van der Waals surface area contributed by atoms with Crippen molar-refractivity contribution in [3.8, 4) is 46.0 Å². The lowest BCUT2D eigenvalue weighted by atomic mass is 10.1. The summed E-state index contributed by atoms with van der Waals surface area (Å²) in [4.78, 5) is 23.0. The molecule has 0 aliphatic heterocycles. The minimum Gasteiger partial charge on any atom is -0.507 e. The Kier molecular flexibility index (Phi) is 14.0. The highest BCUT2D eigenvalue weighted by Gasteiger charge is 2.15. The number of aromatic hydroxyl groups is 1. The molecule has 4 aromatic carbocycles. The third-order valence-corrected chi connectivity index (χ3v) is 7.54. The number of hydrogen-bond acceptors (Lipinski definition) is 8. The number of rotatable bonds is 9. The molecule has 4 aromatic rings. The van der Waals surface area contributed by atoms with Crippen LogP contribution in [-0.2, 0) is 9.59 Å². The quantitative estimate of drug-likeness (QED) is 0.106. The van der Waals surface area contributed by atoms with Crippen LogP contribution in [0.1, 0.15) is 65.8 Å². The molecule has 0 saturated carbocycles. The van der Waals surface area contributed by atoms with Crippen molar-refractivity contribution in [1.82, 2.24) is 0 Å². The number of carbonyl (C=O) groups excluding carboxylic acids is 2. The molecule has 0 heterocycles. The van der Waals surface area contributed by atoms with E-state index >= 15 is 0 Å². The first-order valence-electron chi connectivity index (χ1n) is 15.7. The van der Waals surface area contributed by atoms with Gasteiger partial charge < -0.3 is 28.8 Å². The van der Waals surface area contributed by atoms with Gasteiger partial charge in [-0.05, 0) is 162 Å². The third kappa shape index (κ3) is 10.3. The fraction of sp³-hybridized carbons (Fsp3) is 0.286. The third-order valence-electron chi connectivity index (χ3n) is 7.54. The summed E-state index contributed by atoms with van der Waals surface area (Å²) in [6.45, 7) is 25.5. The minimum absolute atomic E-state index is 0. The Morgan fingerprint density at radius 2 is 0.800 bits per heavy atom. The molecule has 50 heavy (non-hydrogen) atoms. The fourth-order valence-electron chi connectivity index (χ4n) is 5.04. The van der Waals surface area contributed by atoms with Crippen molar-refractivity contribution < 1.29 is 38.4 Å². The van der Waals surface area contributed by atoms with Gasteiger partial charge in [-0.3, -0.25) is 0 Å². The normalized spacial score (nSPS) is 10.1. The Bertz CT molecular complexity index is 1840. The summed E-state index contributed by atoms with van der Waals surface area (Å²) in [7, 11) is 1.66. The molecule has 0 amide bonds. The summed E-state index contributed by atoms with van der Waals surface area (Å²) in [5.74, 6) is 4.10. The molecule has 4 rings (SSSR count). The van der Waals surface area contributed by atoms with Gasteiger partial charge in [0.25, 0.3) is 0 Å². The highest BCUT2D eigenvalue weighted by atomic mass is 16.5. The van der Waals surface area contributed by atoms with Crippen molar-refractivity contribution in [2.24, 2.45) is 0 Å². The zero-order chi connectivity index (χ0) is 36.7. The zero-order valence-corrected chi connectivity index (χ0v) is 30.3. The van der Waals surface area contributed by atoms with E-state index in [1.165, 1.54) is 0 Å². The van der Waals surface area contributed by atoms with E-state index in [4.69, 9.17) is 23.7 Å². The molecule has 0 radical (unpaired) electrons. The number of methoxy groups -OCH3 is 1. The van der Waals surface area contributed by atoms with E-state index in [-0.39, 0.29) is 7.43 Å². The van der Waals surface area contributed by atoms with Crippen LogP contribution in [0.25, 0.3) is 0 Å². The number of esters is 2. The van der Waals surface area contributed by atoms with E-state index in [9.17, 15) is 14.7 Å². The van der Waals surface area contributed by atoms with Crippen LogP contribution in [0, 0.1) is 55.4 Å². The molecular weight excluding hydrogens is 632 g/mol. The van der Waals surface area contributed by atoms with Gasteiger partial charge in [-0.15, -0.1) is 0 Å². The van der Waals surface area contributed by atoms with Crippen molar-refractivity contribution in [1.29, 1.82) is 0 Å². The maximum atomic E-state index is 11.5. The van der Waals surface area contributed by atoms with Crippen molar-refractivity contribution in [3.63, 3.8) is 0 Å². The van der Waals surface area contributed by atoms with Gasteiger partial charge in [-0.1, -0.05) is 20.6 Å². The van der Waals surface area contributed by atoms with Gasteiger partial charge in [0, 0.05) is 11.1 Å². The predicted octanol–water partition coefficient (Wildman–Crippen LogP) is 10.7. The maximum Gasteiger partial charge on any atom is 0.338 e. The lowest BCUT2D eigenvalue weighted by Crippen LogP contribution is -2.11. The smallest absolute Gasteiger partial charge is 0.338 e. The van der Waals surface area contributed by atoms with Crippen LogP contribution in [-0.4, -0.2) is 24.2 Å². The summed E-state index contributed by atoms with van der Waals surface area (Å²) in [6.07, 6.45) is 0. The summed E-state index contributed by atoms with van der Waals surface area (Å²) < 4.78 is 28.1. The maximum absolute atomic E-state index is 11.5. The number of phenolic OH excluding ortho intramolecular Hbond substituents is 1. The lowest BCUT2D eigenvalue weighted by molar-refractivity contribution is -0.131. The van der Waals surface area contributed by atoms with Gasteiger partial charge in [-0.25, -0.2) is 9.59 Å². The predicted molar refractivity (Wildman–Crippen MR) is 200 cm³/mol. The van der Waals surface area contributed by atoms with Gasteiger partial charge in [0.05, 0.1) is 7.11 Å². The second-order valence-corrected chi connectivity index (χ2v) is 12.3. The number of aryl methyl sites for hydroxylation is 8. The van der Waals surface area contributed by atoms with Crippen LogP contribution in [0.3, 0.4) is 0 Å². The number of phenols is 1. The molecule has 0 spiro atoms. The Balaban J connectivity index is 0.000000364. The van der Waals surface area contributed by atoms with E-state index in [1.54, 1.807) is 46.9 Å². The zero-order valence-electron chi connectivity index (χ0n) is 30.3. The fourth-order valence-corrected chi connectivity index (χ4v) is 5.04. The summed E-state index contributed by atoms with van der Waals surface area (Å²) in [5, 5.41) is 9.98. The first kappa shape index (κ1) is 40.7. The van der Waals surface area contributed by atoms with Crippen LogP contribution >= 0.6 is 0 Å². The molecule has 0 aromatic heterocycles. The van der Waals surface area contributed by atoms with Crippen LogP contribution < -0.4 is 23.7 Å². The Morgan fingerprint density at radius 1 is 0.500 bits per heavy atom. The largest absolute Gasteiger partial charge is 0.507 e. The molecule has 8 nitrogen and oxygen atoms in total. The molecule has 266 valence electrons. The van der Waals surface area contributed by atoms with Crippen molar-refractivity contribution >= 4 is 11.9 Å². The van der Waals surface area contributed by atoms with Crippen LogP contribution in [0.2, 0.25) is 0 Å². The highest BCUT2D eigenvalue weighted by Crippen LogP contribution is 2.38. The summed E-state index contributed by atoms with van der Waals surface area (Å²) in [5.41, 5.74) is 7.62. The molecule has 1 N–H and O–H groups in total. The Morgan fingerprint density at radius 3 is 1.16 bits per heavy atom. The average molecular weight is 683 g/mol. The lowest BCUT2D eigenvalue weighted by Gasteiger charge is -2.17. The number of benzene rings is 4. The van der Waals surface area contributed by atoms with E-state index in [0.29, 0.717) is 45.3 Å². The molecule has 0 aliphatic rings. The van der Waals surface area contributed by atoms with Crippen LogP contribution in [0.4, 0.5) is 0 Å². The standard InChI is InChI=1S/C25H28O4.C16H18O4.CH4/c1-14-8-21(9-15(2)23(14)26)28-25-18(5)12-22(13-19(25)6)29-24-16(3)10-20(27-7)11-17(24)4;1-9(2)15(17)19-13-7-11(5)14(12(6)8-13)20-16(18)10(3)4;/h8-13,26H,1-7H3;7-8H,1,3H2,2,4-6H3;1H4. The molecule has 8 heteroatoms. The average Bonchev–Trinajstić information content (AvgIpc) is 3.01. The van der Waals surface area contributed by atoms with Gasteiger partial charge in [-0.2, -0.15) is 0 Å². The number of ether oxygens (including phenoxy) is 5. The second kappa shape index (κ2) is 17.2. The van der Waals surface area contributed by atoms with Crippen molar-refractivity contribution in [2.75, 3.05) is 7.11 Å². The Labute approximate surface area is 296 Å². The molecule has 0 bridgehead atoms. The first-order chi connectivity index (χ1) is 22.9. The molecular formula is C42H50O8. The minimum atomic E-state index is -0.490. The van der Waals surface area contributed by atoms with Crippen molar-refractivity contribution in [3.05, 3.63) is 117 Å². The van der Waals surface area contributed by atoms with Gasteiger partial charge in [0.2, 0.25) is 0 Å². The monoisotopic (exact) mass is 682 g/mol. The molecule has 0 unspecified atom stereocenters. The van der Waals surface area contributed by atoms with E-state index in [1.807, 2.05) is 77.9 Å². The molecule has 0 saturated heterocycles. The van der Waals surface area contributed by atoms with Crippen LogP contribution in [0.15, 0.2) is 72.8 Å². The van der Waals surface area contributed by atoms with Gasteiger partial charge >= 0.3 is 11.9 Å². The second-order valence-electron chi connectivity index (χ2n) is 12.3. The SMILES string of the molecule is C.C=C(C)C(=O)Oc1cc(C)c(OC(=O)C(=C)C)c(C)c1.COc1cc(C)c(Oc2cc(C)c(Oc3cc(C)c(O)c(C)c3)c(C)c2)c(C)c1. The summed E-state index contributed by atoms with van der Waals surface area (Å²) in [6, 6.07) is 14.8. The van der Waals surface area contributed by atoms with Gasteiger partial charge in [0.15, 0.2) is 0 Å². The molecule has 0 fully saturated rings. The number of carbonyl (C=O) groups is 2.